The number of hydrogen-bond donors (Lipinski definition) is 3. The van der Waals surface area contributed by atoms with Gasteiger partial charge in [0.05, 0.1) is 34.6 Å². The predicted molar refractivity (Wildman–Crippen MR) is 132 cm³/mol. The highest BCUT2D eigenvalue weighted by Gasteiger charge is 2.40. The molecule has 4 N–H and O–H groups in total. The van der Waals surface area contributed by atoms with Gasteiger partial charge in [-0.3, -0.25) is 15.0 Å². The van der Waals surface area contributed by atoms with Gasteiger partial charge in [-0.05, 0) is 45.9 Å². The summed E-state index contributed by atoms with van der Waals surface area (Å²) in [4.78, 5) is 30.7. The molecule has 0 aliphatic carbocycles. The molecule has 35 heavy (non-hydrogen) atoms. The van der Waals surface area contributed by atoms with Crippen molar-refractivity contribution in [3.63, 3.8) is 0 Å². The Labute approximate surface area is 207 Å². The van der Waals surface area contributed by atoms with Gasteiger partial charge in [-0.25, -0.2) is 14.2 Å². The molecule has 11 heteroatoms. The van der Waals surface area contributed by atoms with E-state index in [0.29, 0.717) is 0 Å². The van der Waals surface area contributed by atoms with E-state index in [0.717, 1.165) is 0 Å². The number of carbonyl (C=O) groups excluding carboxylic acids is 2. The molecule has 2 amide bonds. The molecule has 0 aromatic heterocycles. The highest BCUT2D eigenvalue weighted by atomic mass is 35.5. The van der Waals surface area contributed by atoms with Gasteiger partial charge < -0.3 is 15.8 Å². The zero-order valence-corrected chi connectivity index (χ0v) is 20.7. The summed E-state index contributed by atoms with van der Waals surface area (Å²) < 4.78 is 21.0. The number of nitrogens with one attached hydrogen (secondary N) is 2. The zero-order valence-electron chi connectivity index (χ0n) is 20.0. The van der Waals surface area contributed by atoms with E-state index in [1.807, 2.05) is 6.07 Å². The van der Waals surface area contributed by atoms with Crippen LogP contribution in [0.1, 0.15) is 45.2 Å². The number of nitriles is 1. The molecule has 2 aromatic rings. The van der Waals surface area contributed by atoms with Crippen molar-refractivity contribution in [2.45, 2.75) is 45.3 Å². The van der Waals surface area contributed by atoms with E-state index < -0.39 is 23.1 Å². The Morgan fingerprint density at radius 1 is 1.34 bits per heavy atom. The van der Waals surface area contributed by atoms with Crippen molar-refractivity contribution < 1.29 is 18.7 Å². The molecule has 0 bridgehead atoms. The summed E-state index contributed by atoms with van der Waals surface area (Å²) in [6.45, 7) is 6.70. The van der Waals surface area contributed by atoms with E-state index in [9.17, 15) is 14.9 Å². The van der Waals surface area contributed by atoms with Gasteiger partial charge in [0.1, 0.15) is 11.7 Å². The predicted octanol–water partition coefficient (Wildman–Crippen LogP) is 4.63. The molecule has 1 aliphatic rings. The standard InChI is InChI=1S/C24H26ClFN6O3/c1-23(2,3)35-22(34)30-21-31-24(4,11-18(33)32(21)5)15-7-6-8-16(19(15)26)29-17-10-14(25)9-13(12-27)20(17)28/h6-10,29H,11,28H2,1-5H3,(H,30,31,34)/t24-/m0/s1. The third-order valence-corrected chi connectivity index (χ3v) is 5.48. The van der Waals surface area contributed by atoms with Gasteiger partial charge in [0.2, 0.25) is 11.9 Å². The fraction of sp³-hybridized carbons (Fsp3) is 0.333. The van der Waals surface area contributed by atoms with Crippen molar-refractivity contribution in [1.82, 2.24) is 10.2 Å². The minimum absolute atomic E-state index is 0.0461. The van der Waals surface area contributed by atoms with E-state index in [2.05, 4.69) is 15.6 Å². The largest absolute Gasteiger partial charge is 0.444 e. The van der Waals surface area contributed by atoms with E-state index in [-0.39, 0.29) is 51.5 Å². The quantitative estimate of drug-likeness (QED) is 0.526. The van der Waals surface area contributed by atoms with Crippen LogP contribution in [0.15, 0.2) is 35.3 Å². The Hall–Kier alpha value is -3.84. The minimum Gasteiger partial charge on any atom is -0.444 e. The van der Waals surface area contributed by atoms with Gasteiger partial charge in [-0.2, -0.15) is 5.26 Å². The summed E-state index contributed by atoms with van der Waals surface area (Å²) in [5.41, 5.74) is 4.61. The van der Waals surface area contributed by atoms with Crippen molar-refractivity contribution in [2.75, 3.05) is 18.1 Å². The second-order valence-electron chi connectivity index (χ2n) is 9.28. The monoisotopic (exact) mass is 500 g/mol. The second-order valence-corrected chi connectivity index (χ2v) is 9.72. The van der Waals surface area contributed by atoms with Crippen LogP contribution in [-0.4, -0.2) is 35.5 Å². The fourth-order valence-electron chi connectivity index (χ4n) is 3.55. The number of amides is 2. The van der Waals surface area contributed by atoms with Crippen LogP contribution < -0.4 is 16.4 Å². The summed E-state index contributed by atoms with van der Waals surface area (Å²) >= 11 is 6.06. The number of guanidine groups is 1. The molecule has 0 unspecified atom stereocenters. The number of nitrogens with zero attached hydrogens (tertiary/aromatic N) is 3. The number of anilines is 3. The number of nitrogens with two attached hydrogens (primary N) is 1. The Bertz CT molecular complexity index is 1270. The Kier molecular flexibility index (Phi) is 6.94. The number of hydrogen-bond acceptors (Lipinski definition) is 7. The lowest BCUT2D eigenvalue weighted by Gasteiger charge is -2.35. The van der Waals surface area contributed by atoms with Crippen LogP contribution in [0.2, 0.25) is 5.02 Å². The van der Waals surface area contributed by atoms with Gasteiger partial charge in [0.25, 0.3) is 0 Å². The third-order valence-electron chi connectivity index (χ3n) is 5.27. The molecule has 184 valence electrons. The number of ether oxygens (including phenoxy) is 1. The maximum absolute atomic E-state index is 15.7. The highest BCUT2D eigenvalue weighted by Crippen LogP contribution is 2.38. The van der Waals surface area contributed by atoms with Crippen molar-refractivity contribution in [3.8, 4) is 6.07 Å². The summed E-state index contributed by atoms with van der Waals surface area (Å²) in [6, 6.07) is 9.42. The molecule has 3 rings (SSSR count). The van der Waals surface area contributed by atoms with E-state index in [4.69, 9.17) is 22.1 Å². The summed E-state index contributed by atoms with van der Waals surface area (Å²) in [5.74, 6) is -1.11. The first-order valence-corrected chi connectivity index (χ1v) is 11.0. The van der Waals surface area contributed by atoms with Crippen LogP contribution in [0.25, 0.3) is 0 Å². The molecule has 1 aliphatic heterocycles. The maximum atomic E-state index is 15.7. The molecular weight excluding hydrogens is 475 g/mol. The Morgan fingerprint density at radius 2 is 2.03 bits per heavy atom. The molecule has 1 atom stereocenters. The van der Waals surface area contributed by atoms with E-state index in [1.54, 1.807) is 33.8 Å². The van der Waals surface area contributed by atoms with Gasteiger partial charge >= 0.3 is 6.09 Å². The first-order valence-electron chi connectivity index (χ1n) is 10.7. The Balaban J connectivity index is 2.00. The number of aliphatic imine (C=N–C) groups is 1. The second kappa shape index (κ2) is 9.43. The molecule has 0 fully saturated rings. The Morgan fingerprint density at radius 3 is 2.66 bits per heavy atom. The van der Waals surface area contributed by atoms with Crippen LogP contribution in [0.3, 0.4) is 0 Å². The van der Waals surface area contributed by atoms with Crippen LogP contribution in [0.4, 0.5) is 26.2 Å². The fourth-order valence-corrected chi connectivity index (χ4v) is 3.76. The van der Waals surface area contributed by atoms with Crippen molar-refractivity contribution in [3.05, 3.63) is 52.3 Å². The van der Waals surface area contributed by atoms with Crippen molar-refractivity contribution >= 4 is 46.6 Å². The van der Waals surface area contributed by atoms with Gasteiger partial charge in [0.15, 0.2) is 5.82 Å². The normalized spacial score (nSPS) is 17.9. The molecular formula is C24H26ClFN6O3. The molecule has 9 nitrogen and oxygen atoms in total. The van der Waals surface area contributed by atoms with Gasteiger partial charge in [-0.1, -0.05) is 23.7 Å². The first-order chi connectivity index (χ1) is 16.2. The lowest BCUT2D eigenvalue weighted by molar-refractivity contribution is -0.128. The molecule has 0 radical (unpaired) electrons. The lowest BCUT2D eigenvalue weighted by atomic mass is 9.87. The number of alkyl carbamates (subject to hydrolysis) is 1. The van der Waals surface area contributed by atoms with E-state index in [1.165, 1.54) is 36.2 Å². The number of rotatable bonds is 3. The van der Waals surface area contributed by atoms with Crippen LogP contribution in [-0.2, 0) is 15.1 Å². The lowest BCUT2D eigenvalue weighted by Crippen LogP contribution is -2.52. The zero-order chi connectivity index (χ0) is 26.1. The smallest absolute Gasteiger partial charge is 0.414 e. The molecule has 0 saturated carbocycles. The average Bonchev–Trinajstić information content (AvgIpc) is 2.74. The summed E-state index contributed by atoms with van der Waals surface area (Å²) in [6.07, 6.45) is -0.929. The number of nitrogen functional groups attached to an aromatic ring is 1. The van der Waals surface area contributed by atoms with Gasteiger partial charge in [-0.15, -0.1) is 0 Å². The minimum atomic E-state index is -1.33. The highest BCUT2D eigenvalue weighted by molar-refractivity contribution is 6.31. The summed E-state index contributed by atoms with van der Waals surface area (Å²) in [7, 11) is 1.46. The van der Waals surface area contributed by atoms with Crippen LogP contribution >= 0.6 is 11.6 Å². The molecule has 1 heterocycles. The van der Waals surface area contributed by atoms with Gasteiger partial charge in [0, 0.05) is 17.6 Å². The molecule has 0 spiro atoms. The first kappa shape index (κ1) is 25.8. The third kappa shape index (κ3) is 5.63. The average molecular weight is 501 g/mol. The molecule has 0 saturated heterocycles. The summed E-state index contributed by atoms with van der Waals surface area (Å²) in [5, 5.41) is 14.9. The number of benzene rings is 2. The van der Waals surface area contributed by atoms with Crippen LogP contribution in [0, 0.1) is 17.1 Å². The van der Waals surface area contributed by atoms with Crippen molar-refractivity contribution in [1.29, 1.82) is 5.26 Å². The molecule has 2 aromatic carbocycles. The van der Waals surface area contributed by atoms with Crippen molar-refractivity contribution in [2.24, 2.45) is 4.99 Å². The number of carbonyl (C=O) groups is 2. The SMILES string of the molecule is CN1C(=O)C[C@@](C)(c2cccc(Nc3cc(Cl)cc(C#N)c3N)c2F)N=C1NC(=O)OC(C)(C)C. The topological polar surface area (TPSA) is 133 Å². The van der Waals surface area contributed by atoms with Crippen LogP contribution in [0.5, 0.6) is 0 Å². The number of halogens is 2. The maximum Gasteiger partial charge on any atom is 0.414 e. The van der Waals surface area contributed by atoms with E-state index >= 15 is 4.39 Å².